The highest BCUT2D eigenvalue weighted by molar-refractivity contribution is 8.14. The normalized spacial score (nSPS) is 11.2. The molecular weight excluding hydrogens is 309 g/mol. The molecule has 114 valence electrons. The van der Waals surface area contributed by atoms with E-state index in [2.05, 4.69) is 0 Å². The fourth-order valence-electron chi connectivity index (χ4n) is 1.50. The number of alkyl halides is 3. The van der Waals surface area contributed by atoms with Crippen molar-refractivity contribution >= 4 is 28.3 Å². The van der Waals surface area contributed by atoms with Crippen LogP contribution in [-0.2, 0) is 11.2 Å². The van der Waals surface area contributed by atoms with Crippen LogP contribution >= 0.6 is 11.8 Å². The number of halogens is 3. The Bertz CT molecular complexity index is 588. The Morgan fingerprint density at radius 3 is 2.52 bits per heavy atom. The quantitative estimate of drug-likeness (QED) is 0.390. The van der Waals surface area contributed by atoms with E-state index in [1.54, 1.807) is 0 Å². The highest BCUT2D eigenvalue weighted by Gasteiger charge is 2.37. The van der Waals surface area contributed by atoms with Crippen LogP contribution in [0.4, 0.5) is 18.9 Å². The summed E-state index contributed by atoms with van der Waals surface area (Å²) in [5, 5.41) is 18.1. The number of ketones is 1. The van der Waals surface area contributed by atoms with Crippen LogP contribution in [0.15, 0.2) is 18.2 Å². The largest absolute Gasteiger partial charge is 0.450 e. The van der Waals surface area contributed by atoms with Gasteiger partial charge in [0.2, 0.25) is 5.78 Å². The van der Waals surface area contributed by atoms with Gasteiger partial charge in [-0.05, 0) is 18.6 Å². The monoisotopic (exact) mass is 320 g/mol. The van der Waals surface area contributed by atoms with E-state index in [1.807, 2.05) is 0 Å². The van der Waals surface area contributed by atoms with Gasteiger partial charge in [-0.3, -0.25) is 20.3 Å². The maximum atomic E-state index is 12.0. The number of rotatable bonds is 5. The van der Waals surface area contributed by atoms with Crippen LogP contribution in [0.25, 0.3) is 0 Å². The van der Waals surface area contributed by atoms with Crippen LogP contribution in [0, 0.1) is 22.4 Å². The molecule has 21 heavy (non-hydrogen) atoms. The zero-order chi connectivity index (χ0) is 16.2. The molecule has 1 aromatic rings. The predicted molar refractivity (Wildman–Crippen MR) is 72.8 cm³/mol. The van der Waals surface area contributed by atoms with Crippen molar-refractivity contribution in [2.45, 2.75) is 19.5 Å². The molecule has 0 aliphatic rings. The highest BCUT2D eigenvalue weighted by atomic mass is 32.2. The molecule has 1 rings (SSSR count). The number of hydrogen-bond donors (Lipinski definition) is 1. The number of thioether (sulfide) groups is 1. The standard InChI is InChI=1S/C12H11F3N2O3S/c1-7-4-8(2-3-9(7)17(19)20)5-11(16)21-6-10(18)12(13,14)15/h2-4,16H,5-6H2,1H3. The van der Waals surface area contributed by atoms with Crippen molar-refractivity contribution in [3.05, 3.63) is 39.4 Å². The average molecular weight is 320 g/mol. The molecule has 5 nitrogen and oxygen atoms in total. The Kier molecular flexibility index (Phi) is 5.47. The molecular formula is C12H11F3N2O3S. The van der Waals surface area contributed by atoms with Crippen LogP contribution in [0.3, 0.4) is 0 Å². The molecule has 0 fully saturated rings. The molecule has 1 aromatic carbocycles. The van der Waals surface area contributed by atoms with Gasteiger partial charge < -0.3 is 0 Å². The number of nitro groups is 1. The number of nitrogens with zero attached hydrogens (tertiary/aromatic N) is 1. The van der Waals surface area contributed by atoms with E-state index < -0.39 is 22.6 Å². The number of nitrogens with one attached hydrogen (secondary N) is 1. The van der Waals surface area contributed by atoms with Crippen molar-refractivity contribution in [2.75, 3.05) is 5.75 Å². The SMILES string of the molecule is Cc1cc(CC(=N)SCC(=O)C(F)(F)F)ccc1[N+](=O)[O-]. The zero-order valence-electron chi connectivity index (χ0n) is 10.9. The maximum Gasteiger partial charge on any atom is 0.450 e. The molecule has 0 amide bonds. The number of carbonyl (C=O) groups excluding carboxylic acids is 1. The second-order valence-corrected chi connectivity index (χ2v) is 5.26. The van der Waals surface area contributed by atoms with Crippen LogP contribution in [0.5, 0.6) is 0 Å². The van der Waals surface area contributed by atoms with Gasteiger partial charge >= 0.3 is 6.18 Å². The van der Waals surface area contributed by atoms with E-state index in [4.69, 9.17) is 5.41 Å². The summed E-state index contributed by atoms with van der Waals surface area (Å²) < 4.78 is 36.0. The molecule has 0 spiro atoms. The number of nitro benzene ring substituents is 1. The van der Waals surface area contributed by atoms with Gasteiger partial charge in [-0.25, -0.2) is 0 Å². The molecule has 9 heteroatoms. The molecule has 0 radical (unpaired) electrons. The first-order chi connectivity index (χ1) is 9.61. The van der Waals surface area contributed by atoms with Gasteiger partial charge in [0.1, 0.15) is 0 Å². The Morgan fingerprint density at radius 2 is 2.05 bits per heavy atom. The minimum absolute atomic E-state index is 0.0225. The first-order valence-electron chi connectivity index (χ1n) is 5.65. The summed E-state index contributed by atoms with van der Waals surface area (Å²) in [7, 11) is 0. The van der Waals surface area contributed by atoms with Gasteiger partial charge in [0.05, 0.1) is 15.7 Å². The number of carbonyl (C=O) groups is 1. The van der Waals surface area contributed by atoms with E-state index in [0.29, 0.717) is 22.9 Å². The lowest BCUT2D eigenvalue weighted by atomic mass is 10.1. The molecule has 0 aliphatic heterocycles. The summed E-state index contributed by atoms with van der Waals surface area (Å²) in [6.45, 7) is 1.53. The lowest BCUT2D eigenvalue weighted by molar-refractivity contribution is -0.385. The van der Waals surface area contributed by atoms with Crippen molar-refractivity contribution in [2.24, 2.45) is 0 Å². The van der Waals surface area contributed by atoms with Gasteiger partial charge in [0, 0.05) is 18.1 Å². The van der Waals surface area contributed by atoms with Gasteiger partial charge in [-0.2, -0.15) is 13.2 Å². The van der Waals surface area contributed by atoms with E-state index >= 15 is 0 Å². The number of hydrogen-bond acceptors (Lipinski definition) is 5. The smallest absolute Gasteiger partial charge is 0.298 e. The summed E-state index contributed by atoms with van der Waals surface area (Å²) in [6, 6.07) is 4.22. The average Bonchev–Trinajstić information content (AvgIpc) is 2.34. The van der Waals surface area contributed by atoms with Crippen LogP contribution in [0.1, 0.15) is 11.1 Å². The van der Waals surface area contributed by atoms with E-state index in [0.717, 1.165) is 0 Å². The molecule has 0 aromatic heterocycles. The Morgan fingerprint density at radius 1 is 1.43 bits per heavy atom. The lowest BCUT2D eigenvalue weighted by Gasteiger charge is -2.07. The number of Topliss-reactive ketones (excluding diaryl/α,β-unsaturated/α-hetero) is 1. The van der Waals surface area contributed by atoms with Gasteiger partial charge in [-0.15, -0.1) is 11.8 Å². The molecule has 1 N–H and O–H groups in total. The molecule has 0 saturated carbocycles. The van der Waals surface area contributed by atoms with Crippen molar-refractivity contribution in [1.29, 1.82) is 5.41 Å². The van der Waals surface area contributed by atoms with Crippen molar-refractivity contribution in [3.63, 3.8) is 0 Å². The van der Waals surface area contributed by atoms with Crippen LogP contribution < -0.4 is 0 Å². The Balaban J connectivity index is 2.62. The number of benzene rings is 1. The van der Waals surface area contributed by atoms with Gasteiger partial charge in [0.15, 0.2) is 0 Å². The third kappa shape index (κ3) is 5.18. The molecule has 0 bridgehead atoms. The maximum absolute atomic E-state index is 12.0. The summed E-state index contributed by atoms with van der Waals surface area (Å²) in [5.74, 6) is -2.73. The first kappa shape index (κ1) is 17.2. The summed E-state index contributed by atoms with van der Waals surface area (Å²) in [6.07, 6.45) is -4.87. The molecule has 0 saturated heterocycles. The summed E-state index contributed by atoms with van der Waals surface area (Å²) in [5.41, 5.74) is 0.905. The molecule has 0 unspecified atom stereocenters. The predicted octanol–water partition coefficient (Wildman–Crippen LogP) is 3.29. The first-order valence-corrected chi connectivity index (χ1v) is 6.64. The second kappa shape index (κ2) is 6.70. The van der Waals surface area contributed by atoms with Crippen molar-refractivity contribution in [1.82, 2.24) is 0 Å². The molecule has 0 heterocycles. The van der Waals surface area contributed by atoms with Gasteiger partial charge in [0.25, 0.3) is 5.69 Å². The third-order valence-corrected chi connectivity index (χ3v) is 3.42. The van der Waals surface area contributed by atoms with Crippen LogP contribution in [-0.4, -0.2) is 27.7 Å². The topological polar surface area (TPSA) is 84.1 Å². The minimum atomic E-state index is -4.89. The van der Waals surface area contributed by atoms with E-state index in [1.165, 1.54) is 25.1 Å². The molecule has 0 atom stereocenters. The van der Waals surface area contributed by atoms with E-state index in [-0.39, 0.29) is 17.2 Å². The van der Waals surface area contributed by atoms with Gasteiger partial charge in [-0.1, -0.05) is 6.07 Å². The number of aryl methyl sites for hydroxylation is 1. The highest BCUT2D eigenvalue weighted by Crippen LogP contribution is 2.22. The zero-order valence-corrected chi connectivity index (χ0v) is 11.7. The van der Waals surface area contributed by atoms with Crippen LogP contribution in [0.2, 0.25) is 0 Å². The minimum Gasteiger partial charge on any atom is -0.298 e. The third-order valence-electron chi connectivity index (χ3n) is 2.52. The lowest BCUT2D eigenvalue weighted by Crippen LogP contribution is -2.25. The summed E-state index contributed by atoms with van der Waals surface area (Å²) >= 11 is 0.502. The fraction of sp³-hybridized carbons (Fsp3) is 0.333. The van der Waals surface area contributed by atoms with Crippen molar-refractivity contribution in [3.8, 4) is 0 Å². The Hall–Kier alpha value is -1.90. The van der Waals surface area contributed by atoms with E-state index in [9.17, 15) is 28.1 Å². The second-order valence-electron chi connectivity index (χ2n) is 4.19. The Labute approximate surface area is 122 Å². The molecule has 0 aliphatic carbocycles. The van der Waals surface area contributed by atoms with Crippen molar-refractivity contribution < 1.29 is 22.9 Å². The fourth-order valence-corrected chi connectivity index (χ4v) is 2.24. The summed E-state index contributed by atoms with van der Waals surface area (Å²) in [4.78, 5) is 20.8.